The van der Waals surface area contributed by atoms with Gasteiger partial charge < -0.3 is 9.72 Å². The second-order valence-corrected chi connectivity index (χ2v) is 5.56. The van der Waals surface area contributed by atoms with E-state index in [0.717, 1.165) is 17.0 Å². The zero-order valence-corrected chi connectivity index (χ0v) is 11.6. The third-order valence-corrected chi connectivity index (χ3v) is 3.87. The highest BCUT2D eigenvalue weighted by atomic mass is 16.1. The second-order valence-electron chi connectivity index (χ2n) is 5.56. The van der Waals surface area contributed by atoms with Crippen molar-refractivity contribution in [1.29, 1.82) is 0 Å². The Balaban J connectivity index is 1.93. The molecule has 2 aromatic rings. The van der Waals surface area contributed by atoms with Gasteiger partial charge in [-0.3, -0.25) is 4.79 Å². The van der Waals surface area contributed by atoms with Gasteiger partial charge in [0.1, 0.15) is 5.65 Å². The molecule has 2 heterocycles. The van der Waals surface area contributed by atoms with Crippen molar-refractivity contribution >= 4 is 11.6 Å². The molecule has 4 nitrogen and oxygen atoms in total. The number of nitrogens with zero attached hydrogens (tertiary/aromatic N) is 2. The maximum atomic E-state index is 12.3. The second kappa shape index (κ2) is 4.37. The molecule has 0 aliphatic heterocycles. The summed E-state index contributed by atoms with van der Waals surface area (Å²) >= 11 is 0. The Labute approximate surface area is 112 Å². The topological polar surface area (TPSA) is 46.4 Å². The average Bonchev–Trinajstić information content (AvgIpc) is 3.09. The minimum Gasteiger partial charge on any atom is -0.349 e. The van der Waals surface area contributed by atoms with Crippen molar-refractivity contribution in [2.45, 2.75) is 39.7 Å². The minimum atomic E-state index is -0.0144. The van der Waals surface area contributed by atoms with Crippen LogP contribution in [0.5, 0.6) is 0 Å². The van der Waals surface area contributed by atoms with Gasteiger partial charge in [-0.2, -0.15) is 0 Å². The Morgan fingerprint density at radius 2 is 2.21 bits per heavy atom. The molecule has 1 fully saturated rings. The third-order valence-electron chi connectivity index (χ3n) is 3.87. The highest BCUT2D eigenvalue weighted by Gasteiger charge is 2.29. The molecule has 3 rings (SSSR count). The van der Waals surface area contributed by atoms with E-state index in [-0.39, 0.29) is 11.9 Å². The predicted molar refractivity (Wildman–Crippen MR) is 74.3 cm³/mol. The van der Waals surface area contributed by atoms with Gasteiger partial charge in [0.05, 0.1) is 5.56 Å². The lowest BCUT2D eigenvalue weighted by Gasteiger charge is -2.12. The number of rotatable bonds is 3. The number of aryl methyl sites for hydroxylation is 2. The van der Waals surface area contributed by atoms with Crippen LogP contribution in [-0.4, -0.2) is 21.3 Å². The summed E-state index contributed by atoms with van der Waals surface area (Å²) in [5, 5.41) is 3.08. The van der Waals surface area contributed by atoms with Gasteiger partial charge in [0, 0.05) is 23.6 Å². The highest BCUT2D eigenvalue weighted by molar-refractivity contribution is 6.00. The molecule has 0 spiro atoms. The molecule has 1 atom stereocenters. The van der Waals surface area contributed by atoms with E-state index in [1.54, 1.807) is 0 Å². The number of fused-ring (bicyclic) bond motifs is 1. The van der Waals surface area contributed by atoms with Crippen LogP contribution in [0.15, 0.2) is 18.3 Å². The lowest BCUT2D eigenvalue weighted by atomic mass is 10.2. The van der Waals surface area contributed by atoms with Gasteiger partial charge in [-0.25, -0.2) is 4.98 Å². The summed E-state index contributed by atoms with van der Waals surface area (Å²) in [6.45, 7) is 6.06. The summed E-state index contributed by atoms with van der Waals surface area (Å²) in [7, 11) is 0. The maximum Gasteiger partial charge on any atom is 0.255 e. The van der Waals surface area contributed by atoms with Crippen LogP contribution >= 0.6 is 0 Å². The number of amides is 1. The monoisotopic (exact) mass is 257 g/mol. The Bertz CT molecular complexity index is 640. The van der Waals surface area contributed by atoms with E-state index in [1.165, 1.54) is 12.8 Å². The van der Waals surface area contributed by atoms with Crippen molar-refractivity contribution in [2.75, 3.05) is 0 Å². The van der Waals surface area contributed by atoms with Gasteiger partial charge >= 0.3 is 0 Å². The van der Waals surface area contributed by atoms with E-state index in [4.69, 9.17) is 0 Å². The average molecular weight is 257 g/mol. The Kier molecular flexibility index (Phi) is 2.81. The number of carbonyl (C=O) groups is 1. The fourth-order valence-corrected chi connectivity index (χ4v) is 2.57. The SMILES string of the molecule is Cc1cc(C)n2ccc(C(=O)N[C@@H](C)C3CC3)c2n1. The van der Waals surface area contributed by atoms with Crippen molar-refractivity contribution in [1.82, 2.24) is 14.7 Å². The standard InChI is InChI=1S/C15H19N3O/c1-9-8-10(2)18-7-6-13(14(18)16-9)15(19)17-11(3)12-4-5-12/h6-8,11-12H,4-5H2,1-3H3,(H,17,19)/t11-/m0/s1. The fraction of sp³-hybridized carbons (Fsp3) is 0.467. The summed E-state index contributed by atoms with van der Waals surface area (Å²) < 4.78 is 1.96. The van der Waals surface area contributed by atoms with E-state index < -0.39 is 0 Å². The van der Waals surface area contributed by atoms with E-state index >= 15 is 0 Å². The van der Waals surface area contributed by atoms with Crippen LogP contribution in [0.2, 0.25) is 0 Å². The molecule has 1 N–H and O–H groups in total. The van der Waals surface area contributed by atoms with Gasteiger partial charge in [0.25, 0.3) is 5.91 Å². The van der Waals surface area contributed by atoms with Gasteiger partial charge in [-0.05, 0) is 51.7 Å². The largest absolute Gasteiger partial charge is 0.349 e. The number of hydrogen-bond acceptors (Lipinski definition) is 2. The number of hydrogen-bond donors (Lipinski definition) is 1. The first kappa shape index (κ1) is 12.2. The van der Waals surface area contributed by atoms with Gasteiger partial charge in [-0.1, -0.05) is 0 Å². The van der Waals surface area contributed by atoms with Crippen LogP contribution in [0.1, 0.15) is 41.5 Å². The van der Waals surface area contributed by atoms with Crippen LogP contribution in [0, 0.1) is 19.8 Å². The quantitative estimate of drug-likeness (QED) is 0.918. The predicted octanol–water partition coefficient (Wildman–Crippen LogP) is 2.48. The molecule has 0 unspecified atom stereocenters. The molecule has 1 aliphatic rings. The van der Waals surface area contributed by atoms with Crippen LogP contribution < -0.4 is 5.32 Å². The Hall–Kier alpha value is -1.84. The number of nitrogens with one attached hydrogen (secondary N) is 1. The van der Waals surface area contributed by atoms with E-state index in [0.29, 0.717) is 11.5 Å². The van der Waals surface area contributed by atoms with Gasteiger partial charge in [-0.15, -0.1) is 0 Å². The first-order valence-corrected chi connectivity index (χ1v) is 6.82. The maximum absolute atomic E-state index is 12.3. The van der Waals surface area contributed by atoms with Crippen molar-refractivity contribution in [2.24, 2.45) is 5.92 Å². The number of carbonyl (C=O) groups excluding carboxylic acids is 1. The molecular weight excluding hydrogens is 238 g/mol. The van der Waals surface area contributed by atoms with Crippen molar-refractivity contribution in [3.8, 4) is 0 Å². The van der Waals surface area contributed by atoms with Crippen LogP contribution in [-0.2, 0) is 0 Å². The summed E-state index contributed by atoms with van der Waals surface area (Å²) in [6, 6.07) is 4.12. The van der Waals surface area contributed by atoms with Gasteiger partial charge in [0.15, 0.2) is 0 Å². The molecule has 100 valence electrons. The normalized spacial score (nSPS) is 16.6. The first-order chi connectivity index (χ1) is 9.06. The van der Waals surface area contributed by atoms with E-state index in [1.807, 2.05) is 36.6 Å². The zero-order chi connectivity index (χ0) is 13.6. The minimum absolute atomic E-state index is 0.0144. The van der Waals surface area contributed by atoms with Crippen LogP contribution in [0.25, 0.3) is 5.65 Å². The summed E-state index contributed by atoms with van der Waals surface area (Å²) in [4.78, 5) is 16.8. The molecule has 1 aliphatic carbocycles. The highest BCUT2D eigenvalue weighted by Crippen LogP contribution is 2.32. The zero-order valence-electron chi connectivity index (χ0n) is 11.6. The molecule has 0 bridgehead atoms. The van der Waals surface area contributed by atoms with Crippen LogP contribution in [0.3, 0.4) is 0 Å². The molecular formula is C15H19N3O. The van der Waals surface area contributed by atoms with Crippen molar-refractivity contribution in [3.63, 3.8) is 0 Å². The molecule has 0 radical (unpaired) electrons. The molecule has 2 aromatic heterocycles. The smallest absolute Gasteiger partial charge is 0.255 e. The van der Waals surface area contributed by atoms with Crippen molar-refractivity contribution in [3.05, 3.63) is 35.3 Å². The van der Waals surface area contributed by atoms with E-state index in [2.05, 4.69) is 17.2 Å². The Morgan fingerprint density at radius 3 is 2.89 bits per heavy atom. The first-order valence-electron chi connectivity index (χ1n) is 6.82. The lowest BCUT2D eigenvalue weighted by molar-refractivity contribution is 0.0937. The molecule has 0 aromatic carbocycles. The summed E-state index contributed by atoms with van der Waals surface area (Å²) in [5.41, 5.74) is 3.45. The van der Waals surface area contributed by atoms with E-state index in [9.17, 15) is 4.79 Å². The molecule has 19 heavy (non-hydrogen) atoms. The summed E-state index contributed by atoms with van der Waals surface area (Å²) in [5.74, 6) is 0.647. The van der Waals surface area contributed by atoms with Crippen molar-refractivity contribution < 1.29 is 4.79 Å². The molecule has 0 saturated heterocycles. The lowest BCUT2D eigenvalue weighted by Crippen LogP contribution is -2.34. The number of aromatic nitrogens is 2. The fourth-order valence-electron chi connectivity index (χ4n) is 2.57. The molecule has 4 heteroatoms. The molecule has 1 amide bonds. The molecule has 1 saturated carbocycles. The van der Waals surface area contributed by atoms with Gasteiger partial charge in [0.2, 0.25) is 0 Å². The van der Waals surface area contributed by atoms with Crippen LogP contribution in [0.4, 0.5) is 0 Å². The third kappa shape index (κ3) is 2.23. The summed E-state index contributed by atoms with van der Waals surface area (Å²) in [6.07, 6.45) is 4.37. The Morgan fingerprint density at radius 1 is 1.47 bits per heavy atom.